The predicted molar refractivity (Wildman–Crippen MR) is 115 cm³/mol. The summed E-state index contributed by atoms with van der Waals surface area (Å²) in [5.74, 6) is 0.458. The molecule has 0 N–H and O–H groups in total. The largest absolute Gasteiger partial charge is 0.493 e. The highest BCUT2D eigenvalue weighted by atomic mass is 16.6. The zero-order chi connectivity index (χ0) is 22.3. The lowest BCUT2D eigenvalue weighted by molar-refractivity contribution is -0.117. The quantitative estimate of drug-likeness (QED) is 0.669. The van der Waals surface area contributed by atoms with E-state index < -0.39 is 5.60 Å². The summed E-state index contributed by atoms with van der Waals surface area (Å²) in [4.78, 5) is 31.2. The van der Waals surface area contributed by atoms with Gasteiger partial charge in [0.2, 0.25) is 0 Å². The summed E-state index contributed by atoms with van der Waals surface area (Å²) in [6.07, 6.45) is 1.36. The Bertz CT molecular complexity index is 1120. The number of amides is 1. The summed E-state index contributed by atoms with van der Waals surface area (Å²) in [7, 11) is 3.10. The van der Waals surface area contributed by atoms with Crippen molar-refractivity contribution < 1.29 is 28.5 Å². The van der Waals surface area contributed by atoms with Gasteiger partial charge in [-0.15, -0.1) is 0 Å². The van der Waals surface area contributed by atoms with Crippen molar-refractivity contribution in [2.75, 3.05) is 27.3 Å². The first-order valence-electron chi connectivity index (χ1n) is 10.6. The van der Waals surface area contributed by atoms with E-state index in [0.29, 0.717) is 55.6 Å². The van der Waals surface area contributed by atoms with Crippen LogP contribution in [0.25, 0.3) is 0 Å². The van der Waals surface area contributed by atoms with Crippen LogP contribution < -0.4 is 9.47 Å². The van der Waals surface area contributed by atoms with Crippen LogP contribution in [0.4, 0.5) is 0 Å². The lowest BCUT2D eigenvalue weighted by Crippen LogP contribution is -2.46. The molecule has 1 fully saturated rings. The molecular formula is C24H24N2O6. The molecule has 32 heavy (non-hydrogen) atoms. The molecule has 0 aromatic heterocycles. The lowest BCUT2D eigenvalue weighted by Gasteiger charge is -2.39. The van der Waals surface area contributed by atoms with E-state index in [2.05, 4.69) is 4.99 Å². The number of hydrogen-bond acceptors (Lipinski definition) is 7. The number of methoxy groups -OCH3 is 2. The van der Waals surface area contributed by atoms with E-state index in [9.17, 15) is 9.59 Å². The molecule has 0 aliphatic carbocycles. The van der Waals surface area contributed by atoms with Crippen molar-refractivity contribution in [1.29, 1.82) is 0 Å². The molecule has 0 radical (unpaired) electrons. The SMILES string of the molecule is COc1cc2c(cc1OC)C1(CCN(C3=NC(=O)Cc4ccccc4CO3)CC1)OC2=O. The summed E-state index contributed by atoms with van der Waals surface area (Å²) < 4.78 is 22.6. The van der Waals surface area contributed by atoms with Crippen molar-refractivity contribution in [3.63, 3.8) is 0 Å². The van der Waals surface area contributed by atoms with Crippen molar-refractivity contribution in [2.24, 2.45) is 4.99 Å². The van der Waals surface area contributed by atoms with Crippen LogP contribution in [0.1, 0.15) is 39.9 Å². The molecule has 0 unspecified atom stereocenters. The van der Waals surface area contributed by atoms with Crippen LogP contribution in [-0.4, -0.2) is 50.1 Å². The van der Waals surface area contributed by atoms with E-state index in [4.69, 9.17) is 18.9 Å². The van der Waals surface area contributed by atoms with Gasteiger partial charge in [0, 0.05) is 31.5 Å². The molecule has 3 heterocycles. The number of esters is 1. The third-order valence-corrected chi connectivity index (χ3v) is 6.40. The zero-order valence-electron chi connectivity index (χ0n) is 18.1. The molecule has 1 saturated heterocycles. The lowest BCUT2D eigenvalue weighted by atomic mass is 9.83. The van der Waals surface area contributed by atoms with E-state index in [0.717, 1.165) is 16.7 Å². The molecule has 0 atom stereocenters. The van der Waals surface area contributed by atoms with Gasteiger partial charge in [-0.2, -0.15) is 4.99 Å². The number of rotatable bonds is 2. The predicted octanol–water partition coefficient (Wildman–Crippen LogP) is 2.82. The van der Waals surface area contributed by atoms with E-state index in [1.165, 1.54) is 7.11 Å². The number of carbonyl (C=O) groups is 2. The van der Waals surface area contributed by atoms with Gasteiger partial charge in [0.1, 0.15) is 12.2 Å². The van der Waals surface area contributed by atoms with Crippen molar-refractivity contribution in [2.45, 2.75) is 31.5 Å². The maximum absolute atomic E-state index is 12.6. The van der Waals surface area contributed by atoms with Crippen LogP contribution >= 0.6 is 0 Å². The summed E-state index contributed by atoms with van der Waals surface area (Å²) in [5.41, 5.74) is 2.51. The van der Waals surface area contributed by atoms with Crippen LogP contribution in [0.3, 0.4) is 0 Å². The first kappa shape index (κ1) is 20.4. The maximum Gasteiger partial charge on any atom is 0.339 e. The average Bonchev–Trinajstić information content (AvgIpc) is 3.06. The van der Waals surface area contributed by atoms with Crippen LogP contribution in [-0.2, 0) is 32.9 Å². The van der Waals surface area contributed by atoms with Gasteiger partial charge in [-0.3, -0.25) is 4.79 Å². The Labute approximate surface area is 185 Å². The smallest absolute Gasteiger partial charge is 0.339 e. The molecule has 0 bridgehead atoms. The minimum atomic E-state index is -0.735. The molecule has 8 heteroatoms. The fraction of sp³-hybridized carbons (Fsp3) is 0.375. The Hall–Kier alpha value is -3.55. The van der Waals surface area contributed by atoms with E-state index >= 15 is 0 Å². The van der Waals surface area contributed by atoms with Gasteiger partial charge >= 0.3 is 5.97 Å². The molecule has 2 aromatic carbocycles. The first-order valence-corrected chi connectivity index (χ1v) is 10.6. The summed E-state index contributed by atoms with van der Waals surface area (Å²) in [6.45, 7) is 1.43. The van der Waals surface area contributed by atoms with Gasteiger partial charge in [-0.1, -0.05) is 24.3 Å². The fourth-order valence-electron chi connectivity index (χ4n) is 4.66. The number of aliphatic imine (C=N–C) groups is 1. The minimum Gasteiger partial charge on any atom is -0.493 e. The third-order valence-electron chi connectivity index (χ3n) is 6.40. The number of fused-ring (bicyclic) bond motifs is 3. The Morgan fingerprint density at radius 3 is 2.41 bits per heavy atom. The molecule has 2 aromatic rings. The number of amidine groups is 1. The van der Waals surface area contributed by atoms with Crippen molar-refractivity contribution in [3.8, 4) is 11.5 Å². The van der Waals surface area contributed by atoms with Gasteiger partial charge < -0.3 is 23.8 Å². The van der Waals surface area contributed by atoms with Crippen LogP contribution in [0.5, 0.6) is 11.5 Å². The fourth-order valence-corrected chi connectivity index (χ4v) is 4.66. The highest BCUT2D eigenvalue weighted by molar-refractivity contribution is 5.96. The van der Waals surface area contributed by atoms with E-state index in [-0.39, 0.29) is 18.3 Å². The molecule has 166 valence electrons. The summed E-state index contributed by atoms with van der Waals surface area (Å²) in [5, 5.41) is 0. The minimum absolute atomic E-state index is 0.234. The van der Waals surface area contributed by atoms with Crippen molar-refractivity contribution in [3.05, 3.63) is 58.7 Å². The molecule has 3 aliphatic heterocycles. The maximum atomic E-state index is 12.6. The van der Waals surface area contributed by atoms with E-state index in [1.807, 2.05) is 35.2 Å². The Balaban J connectivity index is 1.37. The normalized spacial score (nSPS) is 19.2. The zero-order valence-corrected chi connectivity index (χ0v) is 18.1. The number of benzene rings is 2. The Morgan fingerprint density at radius 2 is 1.69 bits per heavy atom. The van der Waals surface area contributed by atoms with Gasteiger partial charge in [0.25, 0.3) is 11.9 Å². The van der Waals surface area contributed by atoms with Crippen molar-refractivity contribution in [1.82, 2.24) is 4.90 Å². The highest BCUT2D eigenvalue weighted by Gasteiger charge is 2.48. The van der Waals surface area contributed by atoms with Gasteiger partial charge in [0.15, 0.2) is 11.5 Å². The van der Waals surface area contributed by atoms with Crippen molar-refractivity contribution >= 4 is 17.9 Å². The number of ether oxygens (including phenoxy) is 4. The number of nitrogens with zero attached hydrogens (tertiary/aromatic N) is 2. The topological polar surface area (TPSA) is 86.7 Å². The number of likely N-dealkylation sites (tertiary alicyclic amines) is 1. The molecule has 3 aliphatic rings. The number of hydrogen-bond donors (Lipinski definition) is 0. The van der Waals surface area contributed by atoms with E-state index in [1.54, 1.807) is 13.2 Å². The monoisotopic (exact) mass is 436 g/mol. The van der Waals surface area contributed by atoms with Gasteiger partial charge in [-0.05, 0) is 23.3 Å². The van der Waals surface area contributed by atoms with Gasteiger partial charge in [0.05, 0.1) is 26.2 Å². The van der Waals surface area contributed by atoms with Crippen LogP contribution in [0.2, 0.25) is 0 Å². The molecule has 0 saturated carbocycles. The standard InChI is InChI=1S/C24H24N2O6/c1-29-19-12-17-18(13-20(19)30-2)24(32-22(17)28)7-9-26(10-8-24)23-25-21(27)11-15-5-3-4-6-16(15)14-31-23/h3-6,12-13H,7-11,14H2,1-2H3. The molecule has 1 spiro atoms. The molecule has 1 amide bonds. The number of carbonyl (C=O) groups excluding carboxylic acids is 2. The summed E-state index contributed by atoms with van der Waals surface area (Å²) >= 11 is 0. The third kappa shape index (κ3) is 3.36. The van der Waals surface area contributed by atoms with Crippen LogP contribution in [0.15, 0.2) is 41.4 Å². The second kappa shape index (κ2) is 7.85. The molecule has 8 nitrogen and oxygen atoms in total. The number of piperidine rings is 1. The Kier molecular flexibility index (Phi) is 5.00. The Morgan fingerprint density at radius 1 is 1.00 bits per heavy atom. The second-order valence-corrected chi connectivity index (χ2v) is 8.15. The highest BCUT2D eigenvalue weighted by Crippen LogP contribution is 2.47. The molecular weight excluding hydrogens is 412 g/mol. The van der Waals surface area contributed by atoms with Crippen LogP contribution in [0, 0.1) is 0 Å². The molecule has 5 rings (SSSR count). The van der Waals surface area contributed by atoms with Gasteiger partial charge in [-0.25, -0.2) is 4.79 Å². The summed E-state index contributed by atoms with van der Waals surface area (Å²) in [6, 6.07) is 11.6. The average molecular weight is 436 g/mol. The first-order chi connectivity index (χ1) is 15.5. The second-order valence-electron chi connectivity index (χ2n) is 8.15.